The first-order valence-corrected chi connectivity index (χ1v) is 10.2. The fourth-order valence-corrected chi connectivity index (χ4v) is 3.70. The van der Waals surface area contributed by atoms with Crippen LogP contribution in [0.1, 0.15) is 27.2 Å². The van der Waals surface area contributed by atoms with Crippen LogP contribution in [-0.2, 0) is 9.53 Å². The highest BCUT2D eigenvalue weighted by atomic mass is 79.9. The maximum atomic E-state index is 12.4. The number of benzene rings is 2. The predicted molar refractivity (Wildman–Crippen MR) is 113 cm³/mol. The number of rotatable bonds is 4. The van der Waals surface area contributed by atoms with Gasteiger partial charge in [0, 0.05) is 6.42 Å². The van der Waals surface area contributed by atoms with E-state index < -0.39 is 29.8 Å². The fourth-order valence-electron chi connectivity index (χ4n) is 3.23. The molecule has 2 aromatic rings. The molecule has 6 nitrogen and oxygen atoms in total. The summed E-state index contributed by atoms with van der Waals surface area (Å²) in [5.41, 5.74) is 1.42. The van der Waals surface area contributed by atoms with Gasteiger partial charge in [-0.1, -0.05) is 36.4 Å². The maximum Gasteiger partial charge on any atom is 0.411 e. The summed E-state index contributed by atoms with van der Waals surface area (Å²) in [6.07, 6.45) is -0.890. The Kier molecular flexibility index (Phi) is 6.17. The number of carbonyl (C=O) groups excluding carboxylic acids is 1. The van der Waals surface area contributed by atoms with Gasteiger partial charge < -0.3 is 14.6 Å². The summed E-state index contributed by atoms with van der Waals surface area (Å²) in [5, 5.41) is 9.52. The average molecular weight is 462 g/mol. The Hall–Kier alpha value is -2.54. The zero-order valence-electron chi connectivity index (χ0n) is 16.6. The topological polar surface area (TPSA) is 76.1 Å². The summed E-state index contributed by atoms with van der Waals surface area (Å²) in [6, 6.07) is 14.7. The van der Waals surface area contributed by atoms with Gasteiger partial charge in [0.2, 0.25) is 0 Å². The predicted octanol–water partition coefficient (Wildman–Crippen LogP) is 4.96. The number of halogens is 1. The molecule has 3 rings (SSSR count). The number of ether oxygens (including phenoxy) is 2. The van der Waals surface area contributed by atoms with Gasteiger partial charge in [-0.3, -0.25) is 4.90 Å². The van der Waals surface area contributed by atoms with Crippen molar-refractivity contribution in [2.75, 3.05) is 6.54 Å². The first-order valence-electron chi connectivity index (χ1n) is 9.38. The zero-order chi connectivity index (χ0) is 21.2. The molecule has 1 aliphatic rings. The lowest BCUT2D eigenvalue weighted by atomic mass is 10.1. The van der Waals surface area contributed by atoms with Gasteiger partial charge in [0.1, 0.15) is 23.5 Å². The summed E-state index contributed by atoms with van der Waals surface area (Å²) >= 11 is 3.53. The Bertz CT molecular complexity index is 894. The van der Waals surface area contributed by atoms with Gasteiger partial charge in [-0.05, 0) is 60.0 Å². The largest absolute Gasteiger partial charge is 0.487 e. The summed E-state index contributed by atoms with van der Waals surface area (Å²) in [7, 11) is 0. The summed E-state index contributed by atoms with van der Waals surface area (Å²) in [6.45, 7) is 5.39. The van der Waals surface area contributed by atoms with E-state index in [0.717, 1.165) is 15.6 Å². The Morgan fingerprint density at radius 2 is 1.79 bits per heavy atom. The molecule has 2 atom stereocenters. The fraction of sp³-hybridized carbons (Fsp3) is 0.364. The van der Waals surface area contributed by atoms with Crippen LogP contribution in [0.5, 0.6) is 5.75 Å². The Morgan fingerprint density at radius 3 is 2.38 bits per heavy atom. The number of amides is 1. The van der Waals surface area contributed by atoms with Crippen molar-refractivity contribution in [2.24, 2.45) is 0 Å². The van der Waals surface area contributed by atoms with E-state index in [4.69, 9.17) is 9.47 Å². The van der Waals surface area contributed by atoms with Crippen molar-refractivity contribution in [3.05, 3.63) is 53.0 Å². The lowest BCUT2D eigenvalue weighted by Gasteiger charge is -2.26. The molecule has 0 saturated carbocycles. The van der Waals surface area contributed by atoms with Crippen molar-refractivity contribution < 1.29 is 24.2 Å². The Labute approximate surface area is 178 Å². The minimum Gasteiger partial charge on any atom is -0.487 e. The number of carboxylic acids is 1. The molecule has 1 fully saturated rings. The van der Waals surface area contributed by atoms with Crippen molar-refractivity contribution in [3.8, 4) is 16.9 Å². The van der Waals surface area contributed by atoms with Gasteiger partial charge in [-0.25, -0.2) is 9.59 Å². The van der Waals surface area contributed by atoms with Crippen molar-refractivity contribution in [1.29, 1.82) is 0 Å². The van der Waals surface area contributed by atoms with Crippen molar-refractivity contribution in [3.63, 3.8) is 0 Å². The van der Waals surface area contributed by atoms with Crippen LogP contribution in [0, 0.1) is 0 Å². The standard InChI is InChI=1S/C22H24BrNO5/c1-22(2,3)29-21(27)24-13-16(12-18(24)20(25)26)28-19-10-9-15(11-17(19)23)14-7-5-4-6-8-14/h4-11,16,18H,12-13H2,1-3H3,(H,25,26)/t16-,18-/m0/s1. The molecule has 0 radical (unpaired) electrons. The van der Waals surface area contributed by atoms with E-state index in [0.29, 0.717) is 5.75 Å². The molecule has 0 aromatic heterocycles. The maximum absolute atomic E-state index is 12.4. The van der Waals surface area contributed by atoms with E-state index >= 15 is 0 Å². The smallest absolute Gasteiger partial charge is 0.411 e. The zero-order valence-corrected chi connectivity index (χ0v) is 18.2. The van der Waals surface area contributed by atoms with Gasteiger partial charge >= 0.3 is 12.1 Å². The molecule has 0 spiro atoms. The van der Waals surface area contributed by atoms with Gasteiger partial charge in [0.05, 0.1) is 11.0 Å². The normalized spacial score (nSPS) is 19.1. The monoisotopic (exact) mass is 461 g/mol. The molecular formula is C22H24BrNO5. The molecule has 7 heteroatoms. The third kappa shape index (κ3) is 5.29. The highest BCUT2D eigenvalue weighted by Gasteiger charge is 2.42. The highest BCUT2D eigenvalue weighted by molar-refractivity contribution is 9.10. The first kappa shape index (κ1) is 21.2. The van der Waals surface area contributed by atoms with Crippen LogP contribution in [0.4, 0.5) is 4.79 Å². The number of nitrogens with zero attached hydrogens (tertiary/aromatic N) is 1. The quantitative estimate of drug-likeness (QED) is 0.696. The van der Waals surface area contributed by atoms with Crippen LogP contribution in [0.25, 0.3) is 11.1 Å². The molecule has 0 aliphatic carbocycles. The second kappa shape index (κ2) is 8.45. The average Bonchev–Trinajstić information content (AvgIpc) is 3.07. The Morgan fingerprint density at radius 1 is 1.10 bits per heavy atom. The number of likely N-dealkylation sites (tertiary alicyclic amines) is 1. The van der Waals surface area contributed by atoms with E-state index in [2.05, 4.69) is 15.9 Å². The van der Waals surface area contributed by atoms with Gasteiger partial charge in [-0.15, -0.1) is 0 Å². The van der Waals surface area contributed by atoms with Crippen molar-refractivity contribution in [2.45, 2.75) is 44.9 Å². The van der Waals surface area contributed by atoms with E-state index in [1.165, 1.54) is 4.90 Å². The SMILES string of the molecule is CC(C)(C)OC(=O)N1C[C@@H](Oc2ccc(-c3ccccc3)cc2Br)C[C@H]1C(=O)O. The molecule has 154 valence electrons. The lowest BCUT2D eigenvalue weighted by Crippen LogP contribution is -2.43. The highest BCUT2D eigenvalue weighted by Crippen LogP contribution is 2.33. The van der Waals surface area contributed by atoms with Crippen molar-refractivity contribution in [1.82, 2.24) is 4.90 Å². The molecule has 2 aromatic carbocycles. The van der Waals surface area contributed by atoms with Crippen molar-refractivity contribution >= 4 is 28.0 Å². The molecule has 29 heavy (non-hydrogen) atoms. The van der Waals surface area contributed by atoms with E-state index in [-0.39, 0.29) is 13.0 Å². The van der Waals surface area contributed by atoms with Crippen LogP contribution < -0.4 is 4.74 Å². The minimum atomic E-state index is -1.07. The lowest BCUT2D eigenvalue weighted by molar-refractivity contribution is -0.142. The van der Waals surface area contributed by atoms with E-state index in [1.807, 2.05) is 48.5 Å². The third-order valence-corrected chi connectivity index (χ3v) is 5.13. The molecule has 1 aliphatic heterocycles. The van der Waals surface area contributed by atoms with Gasteiger partial charge in [0.15, 0.2) is 0 Å². The number of hydrogen-bond donors (Lipinski definition) is 1. The minimum absolute atomic E-state index is 0.152. The molecule has 1 heterocycles. The van der Waals surface area contributed by atoms with Crippen LogP contribution >= 0.6 is 15.9 Å². The van der Waals surface area contributed by atoms with Gasteiger partial charge in [0.25, 0.3) is 0 Å². The summed E-state index contributed by atoms with van der Waals surface area (Å²) in [4.78, 5) is 25.3. The molecule has 1 N–H and O–H groups in total. The van der Waals surface area contributed by atoms with Crippen LogP contribution in [-0.4, -0.2) is 46.4 Å². The van der Waals surface area contributed by atoms with E-state index in [9.17, 15) is 14.7 Å². The van der Waals surface area contributed by atoms with Gasteiger partial charge in [-0.2, -0.15) is 0 Å². The van der Waals surface area contributed by atoms with E-state index in [1.54, 1.807) is 20.8 Å². The number of carbonyl (C=O) groups is 2. The van der Waals surface area contributed by atoms with Crippen LogP contribution in [0.15, 0.2) is 53.0 Å². The number of hydrogen-bond acceptors (Lipinski definition) is 4. The molecule has 0 bridgehead atoms. The first-order chi connectivity index (χ1) is 13.6. The number of aliphatic carboxylic acids is 1. The van der Waals surface area contributed by atoms with Crippen LogP contribution in [0.3, 0.4) is 0 Å². The molecule has 1 amide bonds. The second-order valence-electron chi connectivity index (χ2n) is 7.97. The molecule has 0 unspecified atom stereocenters. The number of carboxylic acid groups (broad SMARTS) is 1. The molecule has 1 saturated heterocycles. The third-order valence-electron chi connectivity index (χ3n) is 4.51. The van der Waals surface area contributed by atoms with Crippen LogP contribution in [0.2, 0.25) is 0 Å². The summed E-state index contributed by atoms with van der Waals surface area (Å²) in [5.74, 6) is -0.467. The second-order valence-corrected chi connectivity index (χ2v) is 8.83. The molecular weight excluding hydrogens is 438 g/mol. The Balaban J connectivity index is 1.73. The summed E-state index contributed by atoms with van der Waals surface area (Å²) < 4.78 is 12.1.